The maximum atomic E-state index is 13.0. The monoisotopic (exact) mass is 451 g/mol. The zero-order chi connectivity index (χ0) is 23.8. The predicted octanol–water partition coefficient (Wildman–Crippen LogP) is 3.32. The molecule has 2 aromatic rings. The summed E-state index contributed by atoms with van der Waals surface area (Å²) in [5.41, 5.74) is 2.12. The number of nitrogens with one attached hydrogen (secondary N) is 1. The van der Waals surface area contributed by atoms with Gasteiger partial charge in [-0.2, -0.15) is 0 Å². The van der Waals surface area contributed by atoms with Crippen LogP contribution in [-0.2, 0) is 14.3 Å². The lowest BCUT2D eigenvalue weighted by atomic mass is 9.73. The van der Waals surface area contributed by atoms with Crippen LogP contribution < -0.4 is 5.32 Å². The Bertz CT molecular complexity index is 1110. The molecule has 2 unspecified atom stereocenters. The third-order valence-electron chi connectivity index (χ3n) is 6.90. The molecule has 1 aromatic heterocycles. The second kappa shape index (κ2) is 8.84. The maximum Gasteiger partial charge on any atom is 0.326 e. The number of aromatic nitrogens is 1. The number of Topliss-reactive ketones (excluding diaryl/α,β-unsaturated/α-hetero) is 1. The molecule has 8 nitrogen and oxygen atoms in total. The third-order valence-corrected chi connectivity index (χ3v) is 6.90. The fraction of sp³-hybridized carbons (Fsp3) is 0.440. The molecule has 3 amide bonds. The highest BCUT2D eigenvalue weighted by Crippen LogP contribution is 2.38. The maximum absolute atomic E-state index is 13.0. The molecule has 174 valence electrons. The average molecular weight is 452 g/mol. The number of ketones is 1. The molecule has 1 aromatic carbocycles. The lowest BCUT2D eigenvalue weighted by Crippen LogP contribution is -2.54. The van der Waals surface area contributed by atoms with Crippen LogP contribution >= 0.6 is 0 Å². The fourth-order valence-corrected chi connectivity index (χ4v) is 5.06. The summed E-state index contributed by atoms with van der Waals surface area (Å²) in [6.07, 6.45) is 3.28. The van der Waals surface area contributed by atoms with Crippen molar-refractivity contribution in [3.8, 4) is 5.69 Å². The van der Waals surface area contributed by atoms with Crippen molar-refractivity contribution in [2.75, 3.05) is 13.2 Å². The number of para-hydroxylation sites is 1. The molecule has 4 rings (SSSR count). The SMILES string of the molecule is Cc1cc(C(=O)COC(=O)CN2C(=O)NC3(CCCCC3C)C2=O)c(C)n1-c1ccccc1. The summed E-state index contributed by atoms with van der Waals surface area (Å²) in [4.78, 5) is 51.5. The van der Waals surface area contributed by atoms with Crippen molar-refractivity contribution in [1.82, 2.24) is 14.8 Å². The van der Waals surface area contributed by atoms with Gasteiger partial charge in [-0.25, -0.2) is 4.79 Å². The number of carbonyl (C=O) groups is 4. The zero-order valence-electron chi connectivity index (χ0n) is 19.2. The number of carbonyl (C=O) groups excluding carboxylic acids is 4. The topological polar surface area (TPSA) is 97.7 Å². The van der Waals surface area contributed by atoms with Crippen LogP contribution in [0.5, 0.6) is 0 Å². The second-order valence-corrected chi connectivity index (χ2v) is 8.98. The van der Waals surface area contributed by atoms with Crippen LogP contribution in [-0.4, -0.2) is 51.8 Å². The van der Waals surface area contributed by atoms with Crippen LogP contribution in [0.25, 0.3) is 5.69 Å². The molecule has 0 radical (unpaired) electrons. The van der Waals surface area contributed by atoms with Crippen molar-refractivity contribution in [1.29, 1.82) is 0 Å². The first-order chi connectivity index (χ1) is 15.7. The summed E-state index contributed by atoms with van der Waals surface area (Å²) < 4.78 is 7.12. The normalized spacial score (nSPS) is 22.5. The summed E-state index contributed by atoms with van der Waals surface area (Å²) in [5, 5.41) is 2.81. The lowest BCUT2D eigenvalue weighted by molar-refractivity contribution is -0.147. The number of rotatable bonds is 6. The zero-order valence-corrected chi connectivity index (χ0v) is 19.2. The Kier molecular flexibility index (Phi) is 6.10. The Morgan fingerprint density at radius 3 is 2.58 bits per heavy atom. The van der Waals surface area contributed by atoms with Crippen molar-refractivity contribution in [3.05, 3.63) is 53.3 Å². The second-order valence-electron chi connectivity index (χ2n) is 8.98. The van der Waals surface area contributed by atoms with E-state index in [1.807, 2.05) is 55.7 Å². The smallest absolute Gasteiger partial charge is 0.326 e. The van der Waals surface area contributed by atoms with E-state index in [0.29, 0.717) is 12.0 Å². The van der Waals surface area contributed by atoms with Crippen LogP contribution in [0.2, 0.25) is 0 Å². The van der Waals surface area contributed by atoms with Crippen molar-refractivity contribution in [2.24, 2.45) is 5.92 Å². The molecule has 1 aliphatic carbocycles. The minimum absolute atomic E-state index is 0.00478. The molecular formula is C25H29N3O5. The summed E-state index contributed by atoms with van der Waals surface area (Å²) in [6, 6.07) is 10.9. The number of esters is 1. The van der Waals surface area contributed by atoms with Gasteiger partial charge in [0.25, 0.3) is 5.91 Å². The number of benzene rings is 1. The number of aryl methyl sites for hydroxylation is 1. The van der Waals surface area contributed by atoms with Gasteiger partial charge in [-0.15, -0.1) is 0 Å². The van der Waals surface area contributed by atoms with Crippen LogP contribution in [0.4, 0.5) is 4.79 Å². The first kappa shape index (κ1) is 22.8. The van der Waals surface area contributed by atoms with E-state index in [1.54, 1.807) is 6.07 Å². The Morgan fingerprint density at radius 1 is 1.15 bits per heavy atom. The standard InChI is InChI=1S/C25H29N3O5/c1-16-9-7-8-12-25(16)23(31)27(24(32)26-25)14-22(30)33-15-21(29)20-13-17(2)28(18(20)3)19-10-5-4-6-11-19/h4-6,10-11,13,16H,7-9,12,14-15H2,1-3H3,(H,26,32). The highest BCUT2D eigenvalue weighted by Gasteiger charge is 2.55. The number of hydrogen-bond acceptors (Lipinski definition) is 5. The number of hydrogen-bond donors (Lipinski definition) is 1. The van der Waals surface area contributed by atoms with Crippen LogP contribution in [0, 0.1) is 19.8 Å². The van der Waals surface area contributed by atoms with Crippen molar-refractivity contribution < 1.29 is 23.9 Å². The molecule has 1 aliphatic heterocycles. The molecule has 1 spiro atoms. The van der Waals surface area contributed by atoms with Crippen LogP contribution in [0.3, 0.4) is 0 Å². The van der Waals surface area contributed by atoms with E-state index in [4.69, 9.17) is 4.74 Å². The number of amides is 3. The summed E-state index contributed by atoms with van der Waals surface area (Å²) in [5.74, 6) is -1.50. The van der Waals surface area contributed by atoms with E-state index in [9.17, 15) is 19.2 Å². The fourth-order valence-electron chi connectivity index (χ4n) is 5.06. The Hall–Kier alpha value is -3.42. The van der Waals surface area contributed by atoms with E-state index >= 15 is 0 Å². The van der Waals surface area contributed by atoms with Gasteiger partial charge < -0.3 is 14.6 Å². The van der Waals surface area contributed by atoms with Crippen molar-refractivity contribution in [2.45, 2.75) is 52.0 Å². The highest BCUT2D eigenvalue weighted by molar-refractivity contribution is 6.09. The summed E-state index contributed by atoms with van der Waals surface area (Å²) >= 11 is 0. The number of ether oxygens (including phenoxy) is 1. The molecule has 1 saturated heterocycles. The van der Waals surface area contributed by atoms with Gasteiger partial charge in [0.2, 0.25) is 5.78 Å². The van der Waals surface area contributed by atoms with Crippen molar-refractivity contribution >= 4 is 23.7 Å². The molecule has 2 atom stereocenters. The molecule has 1 N–H and O–H groups in total. The Morgan fingerprint density at radius 2 is 1.88 bits per heavy atom. The van der Waals surface area contributed by atoms with Gasteiger partial charge in [0.15, 0.2) is 6.61 Å². The number of urea groups is 1. The van der Waals surface area contributed by atoms with E-state index in [1.165, 1.54) is 0 Å². The molecule has 33 heavy (non-hydrogen) atoms. The van der Waals surface area contributed by atoms with Gasteiger partial charge in [0.1, 0.15) is 12.1 Å². The molecule has 2 heterocycles. The lowest BCUT2D eigenvalue weighted by Gasteiger charge is -2.36. The molecule has 2 aliphatic rings. The van der Waals surface area contributed by atoms with Gasteiger partial charge in [0.05, 0.1) is 0 Å². The van der Waals surface area contributed by atoms with Gasteiger partial charge in [0, 0.05) is 22.6 Å². The molecular weight excluding hydrogens is 422 g/mol. The Balaban J connectivity index is 1.39. The Labute approximate surface area is 192 Å². The number of nitrogens with zero attached hydrogens (tertiary/aromatic N) is 2. The van der Waals surface area contributed by atoms with Crippen LogP contribution in [0.15, 0.2) is 36.4 Å². The first-order valence-corrected chi connectivity index (χ1v) is 11.3. The third kappa shape index (κ3) is 4.05. The summed E-state index contributed by atoms with van der Waals surface area (Å²) in [6.45, 7) is 4.73. The van der Waals surface area contributed by atoms with Gasteiger partial charge in [-0.05, 0) is 50.8 Å². The van der Waals surface area contributed by atoms with E-state index in [0.717, 1.165) is 41.2 Å². The largest absolute Gasteiger partial charge is 0.456 e. The minimum Gasteiger partial charge on any atom is -0.456 e. The van der Waals surface area contributed by atoms with Gasteiger partial charge in [-0.1, -0.05) is 38.0 Å². The van der Waals surface area contributed by atoms with E-state index in [-0.39, 0.29) is 17.6 Å². The first-order valence-electron chi connectivity index (χ1n) is 11.3. The summed E-state index contributed by atoms with van der Waals surface area (Å²) in [7, 11) is 0. The van der Waals surface area contributed by atoms with E-state index in [2.05, 4.69) is 5.32 Å². The molecule has 2 fully saturated rings. The van der Waals surface area contributed by atoms with Crippen molar-refractivity contribution in [3.63, 3.8) is 0 Å². The van der Waals surface area contributed by atoms with E-state index < -0.39 is 30.7 Å². The van der Waals surface area contributed by atoms with Gasteiger partial charge >= 0.3 is 12.0 Å². The molecule has 8 heteroatoms. The molecule has 1 saturated carbocycles. The van der Waals surface area contributed by atoms with Crippen LogP contribution in [0.1, 0.15) is 54.4 Å². The highest BCUT2D eigenvalue weighted by atomic mass is 16.5. The average Bonchev–Trinajstić information content (AvgIpc) is 3.22. The predicted molar refractivity (Wildman–Crippen MR) is 121 cm³/mol. The molecule has 0 bridgehead atoms. The number of imide groups is 1. The minimum atomic E-state index is -0.930. The quantitative estimate of drug-likeness (QED) is 0.413. The van der Waals surface area contributed by atoms with Gasteiger partial charge in [-0.3, -0.25) is 19.3 Å².